The number of benzene rings is 2. The molecule has 5 rings (SSSR count). The normalized spacial score (nSPS) is 21.5. The highest BCUT2D eigenvalue weighted by Gasteiger charge is 2.31. The largest absolute Gasteiger partial charge is 0.369 e. The van der Waals surface area contributed by atoms with E-state index in [-0.39, 0.29) is 12.1 Å². The molecule has 0 radical (unpaired) electrons. The summed E-state index contributed by atoms with van der Waals surface area (Å²) in [6.45, 7) is 4.61. The number of hydrogen-bond donors (Lipinski definition) is 3. The third-order valence-corrected chi connectivity index (χ3v) is 5.70. The number of carbonyl (C=O) groups is 1. The second kappa shape index (κ2) is 7.09. The van der Waals surface area contributed by atoms with E-state index < -0.39 is 0 Å². The highest BCUT2D eigenvalue weighted by atomic mass is 35.5. The zero-order valence-electron chi connectivity index (χ0n) is 15.3. The molecular weight excluding hydrogens is 376 g/mol. The van der Waals surface area contributed by atoms with Crippen molar-refractivity contribution < 1.29 is 4.79 Å². The van der Waals surface area contributed by atoms with Crippen molar-refractivity contribution in [2.45, 2.75) is 6.17 Å². The zero-order chi connectivity index (χ0) is 19.1. The summed E-state index contributed by atoms with van der Waals surface area (Å²) in [6, 6.07) is 13.7. The Morgan fingerprint density at radius 3 is 2.64 bits per heavy atom. The lowest BCUT2D eigenvalue weighted by Gasteiger charge is -2.37. The summed E-state index contributed by atoms with van der Waals surface area (Å²) in [5, 5.41) is 4.18. The molecule has 1 saturated heterocycles. The summed E-state index contributed by atoms with van der Waals surface area (Å²) in [5.41, 5.74) is 9.46. The number of hydrogen-bond acceptors (Lipinski definition) is 6. The molecule has 2 aromatic rings. The molecule has 1 unspecified atom stereocenters. The van der Waals surface area contributed by atoms with Crippen LogP contribution in [0.3, 0.4) is 0 Å². The molecule has 1 fully saturated rings. The second-order valence-electron chi connectivity index (χ2n) is 7.21. The molecule has 144 valence electrons. The molecule has 0 aliphatic carbocycles. The van der Waals surface area contributed by atoms with Gasteiger partial charge in [-0.1, -0.05) is 17.7 Å². The van der Waals surface area contributed by atoms with Gasteiger partial charge in [-0.3, -0.25) is 15.1 Å². The van der Waals surface area contributed by atoms with Crippen LogP contribution in [0, 0.1) is 0 Å². The first-order valence-corrected chi connectivity index (χ1v) is 9.80. The Morgan fingerprint density at radius 1 is 1.07 bits per heavy atom. The first-order valence-electron chi connectivity index (χ1n) is 9.43. The molecule has 0 spiro atoms. The standard InChI is InChI=1S/C20H21ClN6O/c21-13-4-6-14(7-5-13)27-10-8-26(9-11-27)12-17-22-16-3-1-2-15-18(16)19(23-17)24-25-20(15)28/h1-7,19,24H,8-12H2,(H,22,23)(H,25,28). The Bertz CT molecular complexity index is 936. The maximum Gasteiger partial charge on any atom is 0.265 e. The van der Waals surface area contributed by atoms with Crippen molar-refractivity contribution in [1.82, 2.24) is 15.8 Å². The lowest BCUT2D eigenvalue weighted by molar-refractivity contribution is 0.0908. The number of carbonyl (C=O) groups excluding carboxylic acids is 1. The number of aliphatic imine (C=N–C) groups is 1. The maximum atomic E-state index is 12.0. The van der Waals surface area contributed by atoms with Gasteiger partial charge < -0.3 is 10.2 Å². The van der Waals surface area contributed by atoms with Crippen molar-refractivity contribution in [3.8, 4) is 0 Å². The molecule has 1 amide bonds. The molecule has 2 aromatic carbocycles. The molecule has 1 atom stereocenters. The number of halogens is 1. The van der Waals surface area contributed by atoms with E-state index in [0.29, 0.717) is 5.56 Å². The molecule has 7 nitrogen and oxygen atoms in total. The van der Waals surface area contributed by atoms with Crippen molar-refractivity contribution in [3.63, 3.8) is 0 Å². The van der Waals surface area contributed by atoms with E-state index in [2.05, 4.69) is 38.1 Å². The number of rotatable bonds is 3. The van der Waals surface area contributed by atoms with E-state index >= 15 is 0 Å². The minimum absolute atomic E-state index is 0.119. The van der Waals surface area contributed by atoms with Crippen LogP contribution in [-0.4, -0.2) is 49.4 Å². The Balaban J connectivity index is 1.25. The lowest BCUT2D eigenvalue weighted by Crippen LogP contribution is -2.50. The average Bonchev–Trinajstić information content (AvgIpc) is 2.72. The fourth-order valence-corrected chi connectivity index (χ4v) is 4.11. The van der Waals surface area contributed by atoms with E-state index in [4.69, 9.17) is 16.6 Å². The summed E-state index contributed by atoms with van der Waals surface area (Å²) >= 11 is 5.99. The first kappa shape index (κ1) is 17.5. The van der Waals surface area contributed by atoms with Gasteiger partial charge >= 0.3 is 0 Å². The summed E-state index contributed by atoms with van der Waals surface area (Å²) in [5.74, 6) is 0.796. The van der Waals surface area contributed by atoms with Gasteiger partial charge in [-0.25, -0.2) is 10.4 Å². The SMILES string of the molecule is O=C1NNC2N=C(CN3CCN(c4ccc(Cl)cc4)CC3)Nc3cccc1c32. The number of hydrazine groups is 1. The van der Waals surface area contributed by atoms with E-state index in [1.807, 2.05) is 30.3 Å². The van der Waals surface area contributed by atoms with Crippen LogP contribution in [0.2, 0.25) is 5.02 Å². The van der Waals surface area contributed by atoms with E-state index in [9.17, 15) is 4.79 Å². The van der Waals surface area contributed by atoms with Gasteiger partial charge in [-0.05, 0) is 36.4 Å². The predicted octanol–water partition coefficient (Wildman–Crippen LogP) is 2.23. The van der Waals surface area contributed by atoms with Crippen LogP contribution in [0.15, 0.2) is 47.5 Å². The van der Waals surface area contributed by atoms with Crippen LogP contribution in [0.1, 0.15) is 22.1 Å². The molecule has 0 aromatic heterocycles. The molecule has 28 heavy (non-hydrogen) atoms. The van der Waals surface area contributed by atoms with Gasteiger partial charge in [0.2, 0.25) is 0 Å². The van der Waals surface area contributed by atoms with Gasteiger partial charge in [0.15, 0.2) is 0 Å². The molecule has 0 saturated carbocycles. The summed E-state index contributed by atoms with van der Waals surface area (Å²) < 4.78 is 0. The van der Waals surface area contributed by atoms with Crippen LogP contribution in [0.5, 0.6) is 0 Å². The maximum absolute atomic E-state index is 12.0. The lowest BCUT2D eigenvalue weighted by atomic mass is 9.99. The van der Waals surface area contributed by atoms with Gasteiger partial charge in [0.1, 0.15) is 12.0 Å². The number of amidine groups is 1. The van der Waals surface area contributed by atoms with Crippen LogP contribution in [0.4, 0.5) is 11.4 Å². The molecule has 3 N–H and O–H groups in total. The Morgan fingerprint density at radius 2 is 1.86 bits per heavy atom. The summed E-state index contributed by atoms with van der Waals surface area (Å²) in [4.78, 5) is 21.6. The smallest absolute Gasteiger partial charge is 0.265 e. The second-order valence-corrected chi connectivity index (χ2v) is 7.64. The number of anilines is 2. The van der Waals surface area contributed by atoms with E-state index in [1.54, 1.807) is 0 Å². The summed E-state index contributed by atoms with van der Waals surface area (Å²) in [6.07, 6.45) is -0.240. The van der Waals surface area contributed by atoms with Crippen LogP contribution >= 0.6 is 11.6 Å². The molecule has 8 heteroatoms. The highest BCUT2D eigenvalue weighted by molar-refractivity contribution is 6.30. The van der Waals surface area contributed by atoms with Gasteiger partial charge in [0, 0.05) is 53.7 Å². The van der Waals surface area contributed by atoms with Gasteiger partial charge in [0.25, 0.3) is 5.91 Å². The number of amides is 1. The van der Waals surface area contributed by atoms with Crippen molar-refractivity contribution in [1.29, 1.82) is 0 Å². The molecule has 3 aliphatic heterocycles. The fourth-order valence-electron chi connectivity index (χ4n) is 3.99. The van der Waals surface area contributed by atoms with Crippen LogP contribution < -0.4 is 21.1 Å². The quantitative estimate of drug-likeness (QED) is 0.742. The van der Waals surface area contributed by atoms with Crippen molar-refractivity contribution in [2.24, 2.45) is 4.99 Å². The molecular formula is C20H21ClN6O. The Kier molecular flexibility index (Phi) is 4.43. The minimum Gasteiger partial charge on any atom is -0.369 e. The topological polar surface area (TPSA) is 72.0 Å². The molecule has 0 bridgehead atoms. The Hall–Kier alpha value is -2.61. The van der Waals surface area contributed by atoms with Gasteiger partial charge in [-0.2, -0.15) is 0 Å². The average molecular weight is 397 g/mol. The first-order chi connectivity index (χ1) is 13.7. The highest BCUT2D eigenvalue weighted by Crippen LogP contribution is 2.33. The number of nitrogens with one attached hydrogen (secondary N) is 3. The third-order valence-electron chi connectivity index (χ3n) is 5.45. The van der Waals surface area contributed by atoms with Crippen LogP contribution in [0.25, 0.3) is 0 Å². The predicted molar refractivity (Wildman–Crippen MR) is 111 cm³/mol. The zero-order valence-corrected chi connectivity index (χ0v) is 16.0. The van der Waals surface area contributed by atoms with Gasteiger partial charge in [-0.15, -0.1) is 0 Å². The number of piperazine rings is 1. The van der Waals surface area contributed by atoms with Gasteiger partial charge in [0.05, 0.1) is 6.54 Å². The molecule has 3 aliphatic rings. The van der Waals surface area contributed by atoms with Crippen molar-refractivity contribution in [2.75, 3.05) is 42.9 Å². The monoisotopic (exact) mass is 396 g/mol. The van der Waals surface area contributed by atoms with Crippen LogP contribution in [-0.2, 0) is 0 Å². The van der Waals surface area contributed by atoms with Crippen molar-refractivity contribution in [3.05, 3.63) is 58.6 Å². The summed E-state index contributed by atoms with van der Waals surface area (Å²) in [7, 11) is 0. The van der Waals surface area contributed by atoms with E-state index in [0.717, 1.165) is 54.8 Å². The van der Waals surface area contributed by atoms with Crippen molar-refractivity contribution >= 4 is 34.7 Å². The Labute approximate surface area is 168 Å². The minimum atomic E-state index is -0.240. The van der Waals surface area contributed by atoms with E-state index in [1.165, 1.54) is 5.69 Å². The molecule has 3 heterocycles. The fraction of sp³-hybridized carbons (Fsp3) is 0.300. The number of nitrogens with zero attached hydrogens (tertiary/aromatic N) is 3. The third kappa shape index (κ3) is 3.22.